The highest BCUT2D eigenvalue weighted by atomic mass is 79.9. The smallest absolute Gasteiger partial charge is 0.174 e. The third-order valence-electron chi connectivity index (χ3n) is 2.42. The number of halogens is 3. The molecule has 3 N–H and O–H groups in total. The first-order valence-electron chi connectivity index (χ1n) is 4.78. The second-order valence-corrected chi connectivity index (χ2v) is 4.97. The van der Waals surface area contributed by atoms with Crippen LogP contribution in [0.4, 0.5) is 4.39 Å². The summed E-state index contributed by atoms with van der Waals surface area (Å²) in [5.41, 5.74) is 3.77. The van der Waals surface area contributed by atoms with Crippen molar-refractivity contribution in [2.24, 2.45) is 5.84 Å². The van der Waals surface area contributed by atoms with Crippen LogP contribution in [-0.4, -0.2) is 0 Å². The molecule has 0 amide bonds. The number of nitrogens with two attached hydrogens (primary N) is 1. The Kier molecular flexibility index (Phi) is 3.98. The molecular weight excluding hydrogens is 355 g/mol. The average molecular weight is 364 g/mol. The quantitative estimate of drug-likeness (QED) is 0.648. The molecule has 3 nitrogen and oxygen atoms in total. The van der Waals surface area contributed by atoms with Crippen molar-refractivity contribution in [2.75, 3.05) is 0 Å². The minimum Gasteiger partial charge on any atom is -0.457 e. The van der Waals surface area contributed by atoms with E-state index in [1.165, 1.54) is 6.26 Å². The van der Waals surface area contributed by atoms with Crippen molar-refractivity contribution in [3.05, 3.63) is 56.6 Å². The van der Waals surface area contributed by atoms with E-state index in [0.29, 0.717) is 14.7 Å². The lowest BCUT2D eigenvalue weighted by Crippen LogP contribution is -2.29. The van der Waals surface area contributed by atoms with E-state index in [0.717, 1.165) is 5.56 Å². The summed E-state index contributed by atoms with van der Waals surface area (Å²) in [5, 5.41) is 0. The predicted molar refractivity (Wildman–Crippen MR) is 69.7 cm³/mol. The highest BCUT2D eigenvalue weighted by molar-refractivity contribution is 9.10. The molecule has 0 saturated heterocycles. The molecule has 17 heavy (non-hydrogen) atoms. The zero-order valence-corrected chi connectivity index (χ0v) is 11.8. The van der Waals surface area contributed by atoms with Crippen LogP contribution in [0, 0.1) is 5.82 Å². The molecule has 1 unspecified atom stereocenters. The van der Waals surface area contributed by atoms with Crippen molar-refractivity contribution < 1.29 is 8.81 Å². The molecular formula is C11H9Br2FN2O. The van der Waals surface area contributed by atoms with Crippen LogP contribution < -0.4 is 11.3 Å². The maximum Gasteiger partial charge on any atom is 0.174 e. The van der Waals surface area contributed by atoms with E-state index in [4.69, 9.17) is 10.3 Å². The van der Waals surface area contributed by atoms with Crippen molar-refractivity contribution >= 4 is 31.9 Å². The number of rotatable bonds is 3. The number of hydrogen-bond donors (Lipinski definition) is 2. The van der Waals surface area contributed by atoms with E-state index in [2.05, 4.69) is 37.3 Å². The summed E-state index contributed by atoms with van der Waals surface area (Å²) in [6, 6.07) is 6.32. The Balaban J connectivity index is 2.50. The molecule has 0 fully saturated rings. The van der Waals surface area contributed by atoms with Gasteiger partial charge in [-0.2, -0.15) is 0 Å². The molecule has 0 bridgehead atoms. The van der Waals surface area contributed by atoms with Gasteiger partial charge in [0, 0.05) is 11.1 Å². The van der Waals surface area contributed by atoms with E-state index in [-0.39, 0.29) is 5.82 Å². The maximum atomic E-state index is 14.0. The topological polar surface area (TPSA) is 51.2 Å². The minimum absolute atomic E-state index is 0.344. The summed E-state index contributed by atoms with van der Waals surface area (Å²) < 4.78 is 20.0. The number of nitrogens with one attached hydrogen (secondary N) is 1. The zero-order valence-electron chi connectivity index (χ0n) is 8.58. The largest absolute Gasteiger partial charge is 0.457 e. The lowest BCUT2D eigenvalue weighted by molar-refractivity contribution is 0.518. The average Bonchev–Trinajstić information content (AvgIpc) is 2.72. The molecule has 6 heteroatoms. The van der Waals surface area contributed by atoms with Crippen molar-refractivity contribution in [1.82, 2.24) is 5.43 Å². The number of furan rings is 1. The van der Waals surface area contributed by atoms with Gasteiger partial charge in [0.05, 0.1) is 16.8 Å². The summed E-state index contributed by atoms with van der Waals surface area (Å²) in [6.07, 6.45) is 1.51. The van der Waals surface area contributed by atoms with Gasteiger partial charge >= 0.3 is 0 Å². The number of hydrazine groups is 1. The fourth-order valence-electron chi connectivity index (χ4n) is 1.60. The third kappa shape index (κ3) is 2.44. The first-order valence-corrected chi connectivity index (χ1v) is 6.36. The van der Waals surface area contributed by atoms with Crippen molar-refractivity contribution in [2.45, 2.75) is 6.04 Å². The van der Waals surface area contributed by atoms with Gasteiger partial charge in [0.25, 0.3) is 0 Å². The highest BCUT2D eigenvalue weighted by Gasteiger charge is 2.21. The second-order valence-electron chi connectivity index (χ2n) is 3.39. The number of benzene rings is 1. The van der Waals surface area contributed by atoms with E-state index < -0.39 is 6.04 Å². The van der Waals surface area contributed by atoms with Crippen molar-refractivity contribution in [1.29, 1.82) is 0 Å². The Morgan fingerprint density at radius 2 is 2.00 bits per heavy atom. The van der Waals surface area contributed by atoms with Gasteiger partial charge in [0.1, 0.15) is 5.82 Å². The van der Waals surface area contributed by atoms with Crippen LogP contribution in [0.2, 0.25) is 0 Å². The summed E-state index contributed by atoms with van der Waals surface area (Å²) in [5.74, 6) is 5.15. The molecule has 2 rings (SSSR count). The molecule has 0 spiro atoms. The Morgan fingerprint density at radius 3 is 2.59 bits per heavy atom. The van der Waals surface area contributed by atoms with Crippen LogP contribution in [0.1, 0.15) is 17.2 Å². The van der Waals surface area contributed by atoms with Crippen LogP contribution >= 0.6 is 31.9 Å². The monoisotopic (exact) mass is 362 g/mol. The van der Waals surface area contributed by atoms with Gasteiger partial charge in [-0.1, -0.05) is 12.1 Å². The molecule has 0 aliphatic rings. The Hall–Kier alpha value is -0.690. The van der Waals surface area contributed by atoms with Crippen LogP contribution in [0.15, 0.2) is 44.1 Å². The molecule has 0 radical (unpaired) electrons. The van der Waals surface area contributed by atoms with Gasteiger partial charge in [-0.15, -0.1) is 0 Å². The van der Waals surface area contributed by atoms with Gasteiger partial charge < -0.3 is 4.42 Å². The predicted octanol–water partition coefficient (Wildman–Crippen LogP) is 3.50. The summed E-state index contributed by atoms with van der Waals surface area (Å²) >= 11 is 6.40. The standard InChI is InChI=1S/C11H9Br2FN2O/c12-8-3-1-2-6(9(8)14)10(16-15)7-4-5-17-11(7)13/h1-5,10,16H,15H2. The second kappa shape index (κ2) is 5.30. The minimum atomic E-state index is -0.472. The van der Waals surface area contributed by atoms with Gasteiger partial charge in [0.2, 0.25) is 0 Å². The van der Waals surface area contributed by atoms with Crippen LogP contribution in [0.5, 0.6) is 0 Å². The first-order chi connectivity index (χ1) is 8.15. The van der Waals surface area contributed by atoms with E-state index >= 15 is 0 Å². The SMILES string of the molecule is NNC(c1ccoc1Br)c1cccc(Br)c1F. The van der Waals surface area contributed by atoms with Gasteiger partial charge in [-0.3, -0.25) is 5.84 Å². The van der Waals surface area contributed by atoms with Gasteiger partial charge in [-0.25, -0.2) is 9.82 Å². The molecule has 1 heterocycles. The molecule has 1 aromatic heterocycles. The normalized spacial score (nSPS) is 12.7. The third-order valence-corrected chi connectivity index (χ3v) is 3.67. The van der Waals surface area contributed by atoms with Crippen LogP contribution in [0.25, 0.3) is 0 Å². The Bertz CT molecular complexity index is 530. The molecule has 0 aliphatic carbocycles. The number of hydrogen-bond acceptors (Lipinski definition) is 3. The summed E-state index contributed by atoms with van der Waals surface area (Å²) in [7, 11) is 0. The van der Waals surface area contributed by atoms with Gasteiger partial charge in [-0.05, 0) is 44.0 Å². The van der Waals surface area contributed by atoms with E-state index in [1.54, 1.807) is 24.3 Å². The molecule has 1 aromatic carbocycles. The fraction of sp³-hybridized carbons (Fsp3) is 0.0909. The maximum absolute atomic E-state index is 14.0. The lowest BCUT2D eigenvalue weighted by atomic mass is 10.0. The first kappa shape index (κ1) is 12.8. The van der Waals surface area contributed by atoms with Crippen molar-refractivity contribution in [3.8, 4) is 0 Å². The van der Waals surface area contributed by atoms with Crippen molar-refractivity contribution in [3.63, 3.8) is 0 Å². The lowest BCUT2D eigenvalue weighted by Gasteiger charge is -2.16. The summed E-state index contributed by atoms with van der Waals surface area (Å²) in [4.78, 5) is 0. The molecule has 90 valence electrons. The van der Waals surface area contributed by atoms with Crippen LogP contribution in [-0.2, 0) is 0 Å². The highest BCUT2D eigenvalue weighted by Crippen LogP contribution is 2.32. The van der Waals surface area contributed by atoms with Crippen LogP contribution in [0.3, 0.4) is 0 Å². The van der Waals surface area contributed by atoms with Gasteiger partial charge in [0.15, 0.2) is 4.67 Å². The fourth-order valence-corrected chi connectivity index (χ4v) is 2.45. The molecule has 2 aromatic rings. The summed E-state index contributed by atoms with van der Waals surface area (Å²) in [6.45, 7) is 0. The van der Waals surface area contributed by atoms with E-state index in [9.17, 15) is 4.39 Å². The molecule has 0 aliphatic heterocycles. The van der Waals surface area contributed by atoms with E-state index in [1.807, 2.05) is 0 Å². The molecule has 1 atom stereocenters. The zero-order chi connectivity index (χ0) is 12.4. The Labute approximate surface area is 114 Å². The molecule has 0 saturated carbocycles. The Morgan fingerprint density at radius 1 is 1.24 bits per heavy atom.